The molecule has 1 aliphatic heterocycles. The normalized spacial score (nSPS) is 24.3. The largest absolute Gasteiger partial charge is 0.480 e. The molecule has 2 rings (SSSR count). The van der Waals surface area contributed by atoms with Crippen LogP contribution < -0.4 is 0 Å². The van der Waals surface area contributed by atoms with Gasteiger partial charge in [-0.2, -0.15) is 0 Å². The average molecular weight is 282 g/mol. The number of nitrogens with zero attached hydrogens (tertiary/aromatic N) is 2. The predicted molar refractivity (Wildman–Crippen MR) is 76.4 cm³/mol. The van der Waals surface area contributed by atoms with Crippen molar-refractivity contribution < 1.29 is 14.7 Å². The monoisotopic (exact) mass is 282 g/mol. The van der Waals surface area contributed by atoms with Crippen molar-refractivity contribution in [1.29, 1.82) is 0 Å². The second-order valence-electron chi connectivity index (χ2n) is 6.32. The van der Waals surface area contributed by atoms with Crippen LogP contribution in [0.5, 0.6) is 0 Å². The van der Waals surface area contributed by atoms with E-state index in [2.05, 4.69) is 6.92 Å². The van der Waals surface area contributed by atoms with Crippen molar-refractivity contribution in [2.75, 3.05) is 26.2 Å². The van der Waals surface area contributed by atoms with Crippen LogP contribution in [0.4, 0.5) is 0 Å². The third-order valence-electron chi connectivity index (χ3n) is 4.53. The van der Waals surface area contributed by atoms with Gasteiger partial charge >= 0.3 is 5.97 Å². The van der Waals surface area contributed by atoms with Gasteiger partial charge in [-0.25, -0.2) is 0 Å². The van der Waals surface area contributed by atoms with Crippen LogP contribution in [0.15, 0.2) is 0 Å². The van der Waals surface area contributed by atoms with E-state index in [1.807, 2.05) is 9.80 Å². The van der Waals surface area contributed by atoms with Crippen LogP contribution in [0.2, 0.25) is 0 Å². The van der Waals surface area contributed by atoms with E-state index in [-0.39, 0.29) is 25.0 Å². The highest BCUT2D eigenvalue weighted by Gasteiger charge is 2.28. The van der Waals surface area contributed by atoms with Gasteiger partial charge in [0.25, 0.3) is 0 Å². The lowest BCUT2D eigenvalue weighted by molar-refractivity contribution is -0.141. The summed E-state index contributed by atoms with van der Waals surface area (Å²) in [5.74, 6) is -0.173. The van der Waals surface area contributed by atoms with Gasteiger partial charge in [-0.05, 0) is 31.6 Å². The smallest absolute Gasteiger partial charge is 0.317 e. The first kappa shape index (κ1) is 15.3. The number of hydrogen-bond acceptors (Lipinski definition) is 3. The molecule has 5 nitrogen and oxygen atoms in total. The number of carboxylic acid groups (broad SMARTS) is 1. The Bertz CT molecular complexity index is 353. The van der Waals surface area contributed by atoms with Gasteiger partial charge in [0.2, 0.25) is 5.91 Å². The zero-order chi connectivity index (χ0) is 14.5. The summed E-state index contributed by atoms with van der Waals surface area (Å²) in [6.07, 6.45) is 6.60. The van der Waals surface area contributed by atoms with Crippen LogP contribution in [0, 0.1) is 5.92 Å². The van der Waals surface area contributed by atoms with Crippen molar-refractivity contribution in [1.82, 2.24) is 9.80 Å². The quantitative estimate of drug-likeness (QED) is 0.831. The second kappa shape index (κ2) is 7.07. The van der Waals surface area contributed by atoms with Crippen LogP contribution in [0.1, 0.15) is 45.4 Å². The van der Waals surface area contributed by atoms with Crippen molar-refractivity contribution in [3.05, 3.63) is 0 Å². The minimum absolute atomic E-state index is 0.0141. The first-order valence-electron chi connectivity index (χ1n) is 7.80. The molecule has 0 radical (unpaired) electrons. The Hall–Kier alpha value is -1.10. The first-order chi connectivity index (χ1) is 9.56. The number of carbonyl (C=O) groups excluding carboxylic acids is 1. The maximum atomic E-state index is 12.4. The Kier molecular flexibility index (Phi) is 5.40. The molecule has 1 N–H and O–H groups in total. The van der Waals surface area contributed by atoms with Gasteiger partial charge in [-0.15, -0.1) is 0 Å². The molecule has 2 fully saturated rings. The molecule has 0 aromatic heterocycles. The predicted octanol–water partition coefficient (Wildman–Crippen LogP) is 1.57. The number of aliphatic carboxylic acids is 1. The molecule has 114 valence electrons. The summed E-state index contributed by atoms with van der Waals surface area (Å²) in [6, 6.07) is 0.275. The Morgan fingerprint density at radius 2 is 1.85 bits per heavy atom. The molecule has 1 unspecified atom stereocenters. The lowest BCUT2D eigenvalue weighted by Crippen LogP contribution is -2.48. The standard InChI is InChI=1S/C15H26N2O3/c1-12-5-4-8-16(9-12)14(18)10-17(11-15(19)20)13-6-2-3-7-13/h12-13H,2-11H2,1H3,(H,19,20). The SMILES string of the molecule is CC1CCCN(C(=O)CN(CC(=O)O)C2CCCC2)C1. The van der Waals surface area contributed by atoms with Crippen LogP contribution in [-0.2, 0) is 9.59 Å². The molecule has 0 aromatic rings. The molecular formula is C15H26N2O3. The minimum atomic E-state index is -0.836. The molecule has 1 heterocycles. The summed E-state index contributed by atoms with van der Waals surface area (Å²) in [7, 11) is 0. The summed E-state index contributed by atoms with van der Waals surface area (Å²) >= 11 is 0. The molecule has 1 saturated carbocycles. The van der Waals surface area contributed by atoms with E-state index in [1.165, 1.54) is 6.42 Å². The molecule has 20 heavy (non-hydrogen) atoms. The number of piperidine rings is 1. The molecule has 1 amide bonds. The highest BCUT2D eigenvalue weighted by atomic mass is 16.4. The highest BCUT2D eigenvalue weighted by molar-refractivity contribution is 5.79. The van der Waals surface area contributed by atoms with Gasteiger partial charge in [0.05, 0.1) is 13.1 Å². The van der Waals surface area contributed by atoms with Crippen LogP contribution in [0.3, 0.4) is 0 Å². The number of carboxylic acids is 1. The summed E-state index contributed by atoms with van der Waals surface area (Å²) in [5, 5.41) is 9.04. The van der Waals surface area contributed by atoms with Gasteiger partial charge in [-0.1, -0.05) is 19.8 Å². The van der Waals surface area contributed by atoms with Crippen molar-refractivity contribution in [3.63, 3.8) is 0 Å². The molecule has 1 atom stereocenters. The number of rotatable bonds is 5. The van der Waals surface area contributed by atoms with Gasteiger partial charge in [0, 0.05) is 19.1 Å². The molecule has 1 saturated heterocycles. The van der Waals surface area contributed by atoms with E-state index in [4.69, 9.17) is 5.11 Å². The van der Waals surface area contributed by atoms with Crippen molar-refractivity contribution in [3.8, 4) is 0 Å². The second-order valence-corrected chi connectivity index (χ2v) is 6.32. The van der Waals surface area contributed by atoms with Gasteiger partial charge in [-0.3, -0.25) is 14.5 Å². The maximum Gasteiger partial charge on any atom is 0.317 e. The van der Waals surface area contributed by atoms with E-state index in [1.54, 1.807) is 0 Å². The fourth-order valence-corrected chi connectivity index (χ4v) is 3.45. The summed E-state index contributed by atoms with van der Waals surface area (Å²) in [6.45, 7) is 4.08. The summed E-state index contributed by atoms with van der Waals surface area (Å²) in [4.78, 5) is 27.2. The van der Waals surface area contributed by atoms with Crippen LogP contribution >= 0.6 is 0 Å². The van der Waals surface area contributed by atoms with Crippen molar-refractivity contribution >= 4 is 11.9 Å². The summed E-state index contributed by atoms with van der Waals surface area (Å²) in [5.41, 5.74) is 0. The Morgan fingerprint density at radius 1 is 1.15 bits per heavy atom. The fourth-order valence-electron chi connectivity index (χ4n) is 3.45. The van der Waals surface area contributed by atoms with Crippen molar-refractivity contribution in [2.45, 2.75) is 51.5 Å². The topological polar surface area (TPSA) is 60.9 Å². The molecule has 1 aliphatic carbocycles. The Morgan fingerprint density at radius 3 is 2.45 bits per heavy atom. The van der Waals surface area contributed by atoms with E-state index in [9.17, 15) is 9.59 Å². The average Bonchev–Trinajstić information content (AvgIpc) is 2.91. The lowest BCUT2D eigenvalue weighted by Gasteiger charge is -2.34. The van der Waals surface area contributed by atoms with Crippen molar-refractivity contribution in [2.24, 2.45) is 5.92 Å². The minimum Gasteiger partial charge on any atom is -0.480 e. The van der Waals surface area contributed by atoms with Gasteiger partial charge < -0.3 is 10.0 Å². The maximum absolute atomic E-state index is 12.4. The number of amides is 1. The van der Waals surface area contributed by atoms with E-state index < -0.39 is 5.97 Å². The van der Waals surface area contributed by atoms with Gasteiger partial charge in [0.15, 0.2) is 0 Å². The molecule has 2 aliphatic rings. The molecular weight excluding hydrogens is 256 g/mol. The summed E-state index contributed by atoms with van der Waals surface area (Å²) < 4.78 is 0. The Labute approximate surface area is 120 Å². The van der Waals surface area contributed by atoms with E-state index >= 15 is 0 Å². The molecule has 0 bridgehead atoms. The zero-order valence-electron chi connectivity index (χ0n) is 12.4. The molecule has 5 heteroatoms. The third-order valence-corrected chi connectivity index (χ3v) is 4.53. The van der Waals surface area contributed by atoms with E-state index in [0.717, 1.165) is 45.2 Å². The lowest BCUT2D eigenvalue weighted by atomic mass is 10.0. The zero-order valence-corrected chi connectivity index (χ0v) is 12.4. The number of carbonyl (C=O) groups is 2. The Balaban J connectivity index is 1.91. The number of likely N-dealkylation sites (tertiary alicyclic amines) is 1. The van der Waals surface area contributed by atoms with Gasteiger partial charge in [0.1, 0.15) is 0 Å². The fraction of sp³-hybridized carbons (Fsp3) is 0.867. The van der Waals surface area contributed by atoms with Crippen LogP contribution in [-0.4, -0.2) is 59.0 Å². The van der Waals surface area contributed by atoms with E-state index in [0.29, 0.717) is 5.92 Å². The molecule has 0 spiro atoms. The van der Waals surface area contributed by atoms with Crippen LogP contribution in [0.25, 0.3) is 0 Å². The first-order valence-corrected chi connectivity index (χ1v) is 7.80. The number of hydrogen-bond donors (Lipinski definition) is 1. The highest BCUT2D eigenvalue weighted by Crippen LogP contribution is 2.24. The third kappa shape index (κ3) is 4.20. The molecule has 0 aromatic carbocycles.